The number of urea groups is 1. The van der Waals surface area contributed by atoms with Gasteiger partial charge in [-0.05, 0) is 5.56 Å². The highest BCUT2D eigenvalue weighted by Crippen LogP contribution is 2.13. The van der Waals surface area contributed by atoms with Gasteiger partial charge in [0.25, 0.3) is 0 Å². The molecule has 0 spiro atoms. The summed E-state index contributed by atoms with van der Waals surface area (Å²) in [6.45, 7) is 0. The number of hydrogen-bond acceptors (Lipinski definition) is 3. The van der Waals surface area contributed by atoms with Crippen LogP contribution < -0.4 is 11.1 Å². The SMILES string of the molecule is COC(=O)C(NC(N)=O)c1ccccc1. The van der Waals surface area contributed by atoms with E-state index in [1.807, 2.05) is 6.07 Å². The molecule has 1 atom stereocenters. The molecule has 1 aromatic carbocycles. The van der Waals surface area contributed by atoms with E-state index >= 15 is 0 Å². The Morgan fingerprint density at radius 3 is 2.40 bits per heavy atom. The zero-order valence-corrected chi connectivity index (χ0v) is 8.27. The summed E-state index contributed by atoms with van der Waals surface area (Å²) in [5, 5.41) is 2.31. The monoisotopic (exact) mass is 208 g/mol. The molecular weight excluding hydrogens is 196 g/mol. The van der Waals surface area contributed by atoms with Crippen LogP contribution in [0.3, 0.4) is 0 Å². The van der Waals surface area contributed by atoms with E-state index in [1.54, 1.807) is 24.3 Å². The lowest BCUT2D eigenvalue weighted by Gasteiger charge is -2.14. The molecule has 1 aromatic rings. The highest BCUT2D eigenvalue weighted by Gasteiger charge is 2.21. The Kier molecular flexibility index (Phi) is 3.68. The Labute approximate surface area is 87.2 Å². The number of nitrogens with one attached hydrogen (secondary N) is 1. The van der Waals surface area contributed by atoms with Crippen LogP contribution in [-0.2, 0) is 9.53 Å². The molecule has 0 aliphatic carbocycles. The summed E-state index contributed by atoms with van der Waals surface area (Å²) in [6, 6.07) is 7.11. The summed E-state index contributed by atoms with van der Waals surface area (Å²) in [4.78, 5) is 22.1. The van der Waals surface area contributed by atoms with Crippen molar-refractivity contribution in [3.05, 3.63) is 35.9 Å². The number of methoxy groups -OCH3 is 1. The lowest BCUT2D eigenvalue weighted by molar-refractivity contribution is -0.143. The second-order valence-electron chi connectivity index (χ2n) is 2.88. The third kappa shape index (κ3) is 2.98. The van der Waals surface area contributed by atoms with Crippen LogP contribution >= 0.6 is 0 Å². The van der Waals surface area contributed by atoms with E-state index < -0.39 is 18.0 Å². The maximum Gasteiger partial charge on any atom is 0.333 e. The van der Waals surface area contributed by atoms with Gasteiger partial charge in [-0.25, -0.2) is 9.59 Å². The van der Waals surface area contributed by atoms with Crippen molar-refractivity contribution in [2.75, 3.05) is 7.11 Å². The summed E-state index contributed by atoms with van der Waals surface area (Å²) in [5.74, 6) is -0.556. The summed E-state index contributed by atoms with van der Waals surface area (Å²) in [7, 11) is 1.25. The maximum absolute atomic E-state index is 11.4. The van der Waals surface area contributed by atoms with Crippen LogP contribution in [0.15, 0.2) is 30.3 Å². The molecular formula is C10H12N2O3. The third-order valence-electron chi connectivity index (χ3n) is 1.86. The number of nitrogens with two attached hydrogens (primary N) is 1. The summed E-state index contributed by atoms with van der Waals surface area (Å²) in [5.41, 5.74) is 5.59. The Morgan fingerprint density at radius 1 is 1.33 bits per heavy atom. The smallest absolute Gasteiger partial charge is 0.333 e. The van der Waals surface area contributed by atoms with Gasteiger partial charge in [-0.1, -0.05) is 30.3 Å². The minimum absolute atomic E-state index is 0.556. The van der Waals surface area contributed by atoms with Crippen molar-refractivity contribution in [1.82, 2.24) is 5.32 Å². The number of primary amides is 1. The Hall–Kier alpha value is -2.04. The van der Waals surface area contributed by atoms with E-state index in [9.17, 15) is 9.59 Å². The Morgan fingerprint density at radius 2 is 1.93 bits per heavy atom. The minimum atomic E-state index is -0.853. The maximum atomic E-state index is 11.4. The van der Waals surface area contributed by atoms with Crippen molar-refractivity contribution < 1.29 is 14.3 Å². The third-order valence-corrected chi connectivity index (χ3v) is 1.86. The van der Waals surface area contributed by atoms with E-state index in [2.05, 4.69) is 10.1 Å². The van der Waals surface area contributed by atoms with Gasteiger partial charge < -0.3 is 15.8 Å². The zero-order chi connectivity index (χ0) is 11.3. The first-order chi connectivity index (χ1) is 7.15. The normalized spacial score (nSPS) is 11.5. The van der Waals surface area contributed by atoms with E-state index in [4.69, 9.17) is 5.73 Å². The van der Waals surface area contributed by atoms with Crippen LogP contribution in [0.5, 0.6) is 0 Å². The van der Waals surface area contributed by atoms with Crippen molar-refractivity contribution in [3.63, 3.8) is 0 Å². The summed E-state index contributed by atoms with van der Waals surface area (Å²) >= 11 is 0. The van der Waals surface area contributed by atoms with Crippen LogP contribution in [0.1, 0.15) is 11.6 Å². The van der Waals surface area contributed by atoms with Crippen LogP contribution in [0.25, 0.3) is 0 Å². The van der Waals surface area contributed by atoms with Crippen molar-refractivity contribution >= 4 is 12.0 Å². The topological polar surface area (TPSA) is 81.4 Å². The number of benzene rings is 1. The second kappa shape index (κ2) is 4.99. The molecule has 1 unspecified atom stereocenters. The molecule has 0 radical (unpaired) electrons. The lowest BCUT2D eigenvalue weighted by atomic mass is 10.1. The van der Waals surface area contributed by atoms with Crippen LogP contribution in [0.2, 0.25) is 0 Å². The van der Waals surface area contributed by atoms with Crippen LogP contribution in [-0.4, -0.2) is 19.1 Å². The highest BCUT2D eigenvalue weighted by molar-refractivity contribution is 5.83. The number of ether oxygens (including phenoxy) is 1. The van der Waals surface area contributed by atoms with Crippen molar-refractivity contribution in [2.45, 2.75) is 6.04 Å². The molecule has 0 bridgehead atoms. The molecule has 1 rings (SSSR count). The molecule has 0 fully saturated rings. The van der Waals surface area contributed by atoms with Crippen LogP contribution in [0.4, 0.5) is 4.79 Å². The van der Waals surface area contributed by atoms with Gasteiger partial charge in [0.05, 0.1) is 7.11 Å². The number of esters is 1. The fraction of sp³-hybridized carbons (Fsp3) is 0.200. The van der Waals surface area contributed by atoms with Crippen molar-refractivity contribution in [2.24, 2.45) is 5.73 Å². The lowest BCUT2D eigenvalue weighted by Crippen LogP contribution is -2.37. The fourth-order valence-electron chi connectivity index (χ4n) is 1.18. The number of carbonyl (C=O) groups excluding carboxylic acids is 2. The molecule has 0 saturated heterocycles. The molecule has 2 amide bonds. The van der Waals surface area contributed by atoms with Gasteiger partial charge in [-0.15, -0.1) is 0 Å². The van der Waals surface area contributed by atoms with Gasteiger partial charge in [-0.3, -0.25) is 0 Å². The molecule has 0 heterocycles. The van der Waals surface area contributed by atoms with Gasteiger partial charge in [0.1, 0.15) is 0 Å². The number of hydrogen-bond donors (Lipinski definition) is 2. The van der Waals surface area contributed by atoms with E-state index in [0.29, 0.717) is 5.56 Å². The minimum Gasteiger partial charge on any atom is -0.467 e. The largest absolute Gasteiger partial charge is 0.467 e. The van der Waals surface area contributed by atoms with E-state index in [0.717, 1.165) is 0 Å². The fourth-order valence-corrected chi connectivity index (χ4v) is 1.18. The second-order valence-corrected chi connectivity index (χ2v) is 2.88. The molecule has 80 valence electrons. The van der Waals surface area contributed by atoms with Crippen molar-refractivity contribution in [1.29, 1.82) is 0 Å². The number of carbonyl (C=O) groups is 2. The first-order valence-electron chi connectivity index (χ1n) is 4.34. The average molecular weight is 208 g/mol. The molecule has 0 aliphatic rings. The first-order valence-corrected chi connectivity index (χ1v) is 4.34. The molecule has 15 heavy (non-hydrogen) atoms. The average Bonchev–Trinajstić information content (AvgIpc) is 2.26. The van der Waals surface area contributed by atoms with Gasteiger partial charge in [0, 0.05) is 0 Å². The predicted octanol–water partition coefficient (Wildman–Crippen LogP) is 0.569. The zero-order valence-electron chi connectivity index (χ0n) is 8.27. The summed E-state index contributed by atoms with van der Waals surface area (Å²) in [6.07, 6.45) is 0. The van der Waals surface area contributed by atoms with E-state index in [1.165, 1.54) is 7.11 Å². The van der Waals surface area contributed by atoms with Gasteiger partial charge in [0.15, 0.2) is 6.04 Å². The number of amides is 2. The first kappa shape index (κ1) is 11.0. The van der Waals surface area contributed by atoms with Gasteiger partial charge >= 0.3 is 12.0 Å². The van der Waals surface area contributed by atoms with Gasteiger partial charge in [-0.2, -0.15) is 0 Å². The van der Waals surface area contributed by atoms with Gasteiger partial charge in [0.2, 0.25) is 0 Å². The predicted molar refractivity (Wildman–Crippen MR) is 53.9 cm³/mol. The van der Waals surface area contributed by atoms with Crippen LogP contribution in [0, 0.1) is 0 Å². The Balaban J connectivity index is 2.91. The quantitative estimate of drug-likeness (QED) is 0.712. The molecule has 5 nitrogen and oxygen atoms in total. The number of rotatable bonds is 3. The molecule has 3 N–H and O–H groups in total. The standard InChI is InChI=1S/C10H12N2O3/c1-15-9(13)8(12-10(11)14)7-5-3-2-4-6-7/h2-6,8H,1H3,(H3,11,12,14). The molecule has 0 aromatic heterocycles. The molecule has 5 heteroatoms. The Bertz CT molecular complexity index is 351. The van der Waals surface area contributed by atoms with Crippen molar-refractivity contribution in [3.8, 4) is 0 Å². The highest BCUT2D eigenvalue weighted by atomic mass is 16.5. The molecule has 0 saturated carbocycles. The molecule has 0 aliphatic heterocycles. The van der Waals surface area contributed by atoms with E-state index in [-0.39, 0.29) is 0 Å². The summed E-state index contributed by atoms with van der Waals surface area (Å²) < 4.78 is 4.56.